The summed E-state index contributed by atoms with van der Waals surface area (Å²) in [6.07, 6.45) is 0.743. The van der Waals surface area contributed by atoms with Gasteiger partial charge >= 0.3 is 0 Å². The highest BCUT2D eigenvalue weighted by Crippen LogP contribution is 2.24. The minimum atomic E-state index is 0.0974. The molecule has 1 fully saturated rings. The number of anilines is 1. The third kappa shape index (κ3) is 4.23. The lowest BCUT2D eigenvalue weighted by molar-refractivity contribution is 0.0674. The first-order chi connectivity index (χ1) is 15.6. The van der Waals surface area contributed by atoms with Crippen LogP contribution >= 0.6 is 11.5 Å². The first kappa shape index (κ1) is 20.6. The first-order valence-electron chi connectivity index (χ1n) is 11.0. The molecule has 6 heteroatoms. The van der Waals surface area contributed by atoms with Crippen molar-refractivity contribution in [3.05, 3.63) is 89.2 Å². The summed E-state index contributed by atoms with van der Waals surface area (Å²) in [6, 6.07) is 22.7. The Hall–Kier alpha value is -3.25. The molecule has 1 atom stereocenters. The third-order valence-corrected chi connectivity index (χ3v) is 6.91. The minimum absolute atomic E-state index is 0.0974. The summed E-state index contributed by atoms with van der Waals surface area (Å²) in [6.45, 7) is 6.41. The highest BCUT2D eigenvalue weighted by Gasteiger charge is 2.29. The van der Waals surface area contributed by atoms with Crippen LogP contribution in [0.5, 0.6) is 0 Å². The van der Waals surface area contributed by atoms with E-state index in [1.165, 1.54) is 22.7 Å². The van der Waals surface area contributed by atoms with Crippen molar-refractivity contribution >= 4 is 33.3 Å². The topological polar surface area (TPSA) is 49.3 Å². The Morgan fingerprint density at radius 2 is 1.81 bits per heavy atom. The van der Waals surface area contributed by atoms with Gasteiger partial charge in [-0.3, -0.25) is 4.79 Å². The van der Waals surface area contributed by atoms with Crippen LogP contribution in [0.2, 0.25) is 0 Å². The first-order valence-corrected chi connectivity index (χ1v) is 11.8. The van der Waals surface area contributed by atoms with Gasteiger partial charge in [0.05, 0.1) is 0 Å². The molecule has 0 spiro atoms. The number of carbonyl (C=O) groups is 1. The Kier molecular flexibility index (Phi) is 5.62. The molecule has 4 aromatic rings. The monoisotopic (exact) mass is 442 g/mol. The number of fused-ring (bicyclic) bond motifs is 1. The lowest BCUT2D eigenvalue weighted by Gasteiger charge is -2.39. The molecular formula is C26H26N4OS. The van der Waals surface area contributed by atoms with Gasteiger partial charge in [-0.15, -0.1) is 0 Å². The standard InChI is InChI=1S/C26H26N4OS/c1-18-7-9-20(10-8-18)15-24-27-26(32-28-24)29-13-14-30(19(2)17-29)25(31)23-12-11-21-5-3-4-6-22(21)16-23/h3-12,16,19H,13-15,17H2,1-2H3. The van der Waals surface area contributed by atoms with Gasteiger partial charge in [0.15, 0.2) is 0 Å². The SMILES string of the molecule is Cc1ccc(Cc2nsc(N3CCN(C(=O)c4ccc5ccccc5c4)C(C)C3)n2)cc1. The fourth-order valence-electron chi connectivity index (χ4n) is 4.25. The number of aryl methyl sites for hydroxylation is 1. The van der Waals surface area contributed by atoms with E-state index >= 15 is 0 Å². The second-order valence-electron chi connectivity index (χ2n) is 8.51. The van der Waals surface area contributed by atoms with Crippen LogP contribution in [0.4, 0.5) is 5.13 Å². The van der Waals surface area contributed by atoms with Crippen molar-refractivity contribution in [2.45, 2.75) is 26.3 Å². The van der Waals surface area contributed by atoms with E-state index in [-0.39, 0.29) is 11.9 Å². The Morgan fingerprint density at radius 1 is 1.03 bits per heavy atom. The van der Waals surface area contributed by atoms with Crippen LogP contribution in [-0.4, -0.2) is 45.8 Å². The van der Waals surface area contributed by atoms with Crippen LogP contribution in [0.25, 0.3) is 10.8 Å². The van der Waals surface area contributed by atoms with Gasteiger partial charge < -0.3 is 9.80 Å². The van der Waals surface area contributed by atoms with Gasteiger partial charge in [-0.25, -0.2) is 4.98 Å². The largest absolute Gasteiger partial charge is 0.343 e. The van der Waals surface area contributed by atoms with Crippen LogP contribution in [0.15, 0.2) is 66.7 Å². The van der Waals surface area contributed by atoms with Crippen LogP contribution in [0.3, 0.4) is 0 Å². The molecule has 5 nitrogen and oxygen atoms in total. The van der Waals surface area contributed by atoms with E-state index in [9.17, 15) is 4.79 Å². The van der Waals surface area contributed by atoms with Gasteiger partial charge in [0.2, 0.25) is 5.13 Å². The third-order valence-electron chi connectivity index (χ3n) is 6.10. The molecule has 162 valence electrons. The second kappa shape index (κ2) is 8.71. The highest BCUT2D eigenvalue weighted by atomic mass is 32.1. The van der Waals surface area contributed by atoms with Crippen LogP contribution < -0.4 is 4.90 Å². The normalized spacial score (nSPS) is 16.5. The summed E-state index contributed by atoms with van der Waals surface area (Å²) in [7, 11) is 0. The van der Waals surface area contributed by atoms with E-state index < -0.39 is 0 Å². The maximum Gasteiger partial charge on any atom is 0.254 e. The van der Waals surface area contributed by atoms with E-state index in [1.54, 1.807) is 0 Å². The summed E-state index contributed by atoms with van der Waals surface area (Å²) < 4.78 is 4.57. The fraction of sp³-hybridized carbons (Fsp3) is 0.269. The van der Waals surface area contributed by atoms with E-state index in [0.29, 0.717) is 6.54 Å². The van der Waals surface area contributed by atoms with Gasteiger partial charge in [0.1, 0.15) is 5.82 Å². The van der Waals surface area contributed by atoms with Gasteiger partial charge in [0, 0.05) is 49.2 Å². The summed E-state index contributed by atoms with van der Waals surface area (Å²) in [5, 5.41) is 3.19. The number of carbonyl (C=O) groups excluding carboxylic acids is 1. The molecule has 5 rings (SSSR count). The Morgan fingerprint density at radius 3 is 2.59 bits per heavy atom. The number of nitrogens with zero attached hydrogens (tertiary/aromatic N) is 4. The molecule has 3 aromatic carbocycles. The summed E-state index contributed by atoms with van der Waals surface area (Å²) in [5.74, 6) is 0.955. The number of aromatic nitrogens is 2. The van der Waals surface area contributed by atoms with Crippen molar-refractivity contribution < 1.29 is 4.79 Å². The number of benzene rings is 3. The smallest absolute Gasteiger partial charge is 0.254 e. The zero-order valence-electron chi connectivity index (χ0n) is 18.4. The number of hydrogen-bond donors (Lipinski definition) is 0. The Bertz CT molecular complexity index is 1250. The predicted molar refractivity (Wildman–Crippen MR) is 131 cm³/mol. The van der Waals surface area contributed by atoms with Crippen LogP contribution in [0.1, 0.15) is 34.2 Å². The van der Waals surface area contributed by atoms with Crippen molar-refractivity contribution in [2.24, 2.45) is 0 Å². The summed E-state index contributed by atoms with van der Waals surface area (Å²) >= 11 is 1.45. The summed E-state index contributed by atoms with van der Waals surface area (Å²) in [5.41, 5.74) is 3.23. The molecule has 0 N–H and O–H groups in total. The average Bonchev–Trinajstić information content (AvgIpc) is 3.28. The van der Waals surface area contributed by atoms with E-state index in [0.717, 1.165) is 46.8 Å². The molecule has 0 saturated carbocycles. The predicted octanol–water partition coefficient (Wildman–Crippen LogP) is 4.94. The quantitative estimate of drug-likeness (QED) is 0.449. The van der Waals surface area contributed by atoms with Gasteiger partial charge in [-0.1, -0.05) is 60.2 Å². The van der Waals surface area contributed by atoms with Crippen molar-refractivity contribution in [1.29, 1.82) is 0 Å². The molecule has 1 amide bonds. The minimum Gasteiger partial charge on any atom is -0.343 e. The molecule has 32 heavy (non-hydrogen) atoms. The highest BCUT2D eigenvalue weighted by molar-refractivity contribution is 7.09. The Balaban J connectivity index is 1.25. The van der Waals surface area contributed by atoms with Crippen molar-refractivity contribution in [3.63, 3.8) is 0 Å². The van der Waals surface area contributed by atoms with Crippen molar-refractivity contribution in [3.8, 4) is 0 Å². The molecule has 0 bridgehead atoms. The van der Waals surface area contributed by atoms with Crippen molar-refractivity contribution in [2.75, 3.05) is 24.5 Å². The van der Waals surface area contributed by atoms with Crippen LogP contribution in [-0.2, 0) is 6.42 Å². The number of amides is 1. The molecular weight excluding hydrogens is 416 g/mol. The second-order valence-corrected chi connectivity index (χ2v) is 9.24. The number of piperazine rings is 1. The lowest BCUT2D eigenvalue weighted by Crippen LogP contribution is -2.54. The number of rotatable bonds is 4. The lowest BCUT2D eigenvalue weighted by atomic mass is 10.0. The molecule has 2 heterocycles. The maximum absolute atomic E-state index is 13.2. The molecule has 1 aliphatic rings. The van der Waals surface area contributed by atoms with E-state index in [4.69, 9.17) is 4.98 Å². The zero-order chi connectivity index (χ0) is 22.1. The fourth-order valence-corrected chi connectivity index (χ4v) is 4.97. The number of hydrogen-bond acceptors (Lipinski definition) is 5. The Labute approximate surface area is 192 Å². The zero-order valence-corrected chi connectivity index (χ0v) is 19.2. The van der Waals surface area contributed by atoms with Gasteiger partial charge in [-0.05, 0) is 42.3 Å². The molecule has 1 unspecified atom stereocenters. The van der Waals surface area contributed by atoms with Gasteiger partial charge in [-0.2, -0.15) is 4.37 Å². The molecule has 1 aromatic heterocycles. The molecule has 1 saturated heterocycles. The van der Waals surface area contributed by atoms with E-state index in [1.807, 2.05) is 35.2 Å². The van der Waals surface area contributed by atoms with E-state index in [2.05, 4.69) is 59.5 Å². The molecule has 0 aliphatic carbocycles. The summed E-state index contributed by atoms with van der Waals surface area (Å²) in [4.78, 5) is 22.2. The molecule has 1 aliphatic heterocycles. The van der Waals surface area contributed by atoms with Crippen LogP contribution in [0, 0.1) is 6.92 Å². The van der Waals surface area contributed by atoms with Gasteiger partial charge in [0.25, 0.3) is 5.91 Å². The van der Waals surface area contributed by atoms with Crippen molar-refractivity contribution in [1.82, 2.24) is 14.3 Å². The average molecular weight is 443 g/mol. The molecule has 0 radical (unpaired) electrons. The maximum atomic E-state index is 13.2.